The normalized spacial score (nSPS) is 15.1. The topological polar surface area (TPSA) is 87.5 Å². The van der Waals surface area contributed by atoms with E-state index >= 15 is 0 Å². The monoisotopic (exact) mass is 356 g/mol. The molecule has 0 aliphatic carbocycles. The Morgan fingerprint density at radius 2 is 2.08 bits per heavy atom. The number of amides is 1. The molecule has 1 aliphatic rings. The minimum atomic E-state index is -0.156. The maximum Gasteiger partial charge on any atom is 0.268 e. The van der Waals surface area contributed by atoms with Crippen LogP contribution in [0.4, 0.5) is 5.69 Å². The summed E-state index contributed by atoms with van der Waals surface area (Å²) in [5.41, 5.74) is 1.84. The van der Waals surface area contributed by atoms with Crippen LogP contribution in [0.1, 0.15) is 28.8 Å². The van der Waals surface area contributed by atoms with Gasteiger partial charge in [0, 0.05) is 43.9 Å². The van der Waals surface area contributed by atoms with Crippen LogP contribution in [0.15, 0.2) is 35.3 Å². The number of nitrogens with zero attached hydrogens (tertiary/aromatic N) is 3. The van der Waals surface area contributed by atoms with Crippen molar-refractivity contribution in [3.63, 3.8) is 0 Å². The molecule has 0 radical (unpaired) electrons. The van der Waals surface area contributed by atoms with Gasteiger partial charge in [-0.3, -0.25) is 9.59 Å². The Morgan fingerprint density at radius 3 is 2.77 bits per heavy atom. The maximum absolute atomic E-state index is 12.3. The number of phenolic OH excluding ortho intramolecular Hbond substituents is 1. The Hall–Kier alpha value is -2.83. The Bertz CT molecular complexity index is 854. The van der Waals surface area contributed by atoms with Crippen LogP contribution in [0.3, 0.4) is 0 Å². The van der Waals surface area contributed by atoms with Gasteiger partial charge in [0.25, 0.3) is 11.5 Å². The van der Waals surface area contributed by atoms with Crippen LogP contribution in [0.2, 0.25) is 0 Å². The fourth-order valence-corrected chi connectivity index (χ4v) is 3.23. The van der Waals surface area contributed by atoms with Gasteiger partial charge in [-0.1, -0.05) is 6.07 Å². The van der Waals surface area contributed by atoms with Crippen molar-refractivity contribution in [1.29, 1.82) is 0 Å². The molecule has 138 valence electrons. The molecule has 7 nitrogen and oxygen atoms in total. The lowest BCUT2D eigenvalue weighted by molar-refractivity contribution is 0.0944. The summed E-state index contributed by atoms with van der Waals surface area (Å²) in [4.78, 5) is 26.2. The van der Waals surface area contributed by atoms with Crippen molar-refractivity contribution in [2.24, 2.45) is 13.0 Å². The first-order valence-electron chi connectivity index (χ1n) is 8.81. The highest BCUT2D eigenvalue weighted by atomic mass is 16.3. The van der Waals surface area contributed by atoms with E-state index in [4.69, 9.17) is 0 Å². The van der Waals surface area contributed by atoms with Crippen LogP contribution in [0.5, 0.6) is 5.75 Å². The molecule has 1 saturated heterocycles. The lowest BCUT2D eigenvalue weighted by atomic mass is 9.96. The molecular formula is C19H24N4O3. The fourth-order valence-electron chi connectivity index (χ4n) is 3.23. The first-order chi connectivity index (χ1) is 12.5. The van der Waals surface area contributed by atoms with E-state index in [0.717, 1.165) is 31.6 Å². The number of aromatic hydroxyl groups is 1. The van der Waals surface area contributed by atoms with Crippen molar-refractivity contribution in [1.82, 2.24) is 15.1 Å². The molecule has 7 heteroatoms. The van der Waals surface area contributed by atoms with Crippen LogP contribution in [-0.4, -0.2) is 40.4 Å². The maximum atomic E-state index is 12.3. The van der Waals surface area contributed by atoms with E-state index in [0.29, 0.717) is 23.6 Å². The molecule has 2 heterocycles. The van der Waals surface area contributed by atoms with E-state index in [2.05, 4.69) is 15.3 Å². The summed E-state index contributed by atoms with van der Waals surface area (Å²) in [5.74, 6) is 0.373. The first-order valence-corrected chi connectivity index (χ1v) is 8.81. The molecule has 0 bridgehead atoms. The number of aryl methyl sites for hydroxylation is 1. The van der Waals surface area contributed by atoms with Gasteiger partial charge in [-0.2, -0.15) is 5.10 Å². The van der Waals surface area contributed by atoms with E-state index in [1.807, 2.05) is 0 Å². The second-order valence-electron chi connectivity index (χ2n) is 6.77. The number of phenols is 1. The number of aromatic nitrogens is 2. The Labute approximate surface area is 152 Å². The van der Waals surface area contributed by atoms with Crippen LogP contribution in [-0.2, 0) is 7.05 Å². The summed E-state index contributed by atoms with van der Waals surface area (Å²) in [6.07, 6.45) is 3.59. The second kappa shape index (κ2) is 7.59. The summed E-state index contributed by atoms with van der Waals surface area (Å²) in [5, 5.41) is 16.8. The Balaban J connectivity index is 1.52. The fraction of sp³-hybridized carbons (Fsp3) is 0.421. The van der Waals surface area contributed by atoms with Gasteiger partial charge in [0.1, 0.15) is 5.75 Å². The van der Waals surface area contributed by atoms with Gasteiger partial charge < -0.3 is 15.3 Å². The average Bonchev–Trinajstić information content (AvgIpc) is 2.65. The second-order valence-corrected chi connectivity index (χ2v) is 6.77. The lowest BCUT2D eigenvalue weighted by Crippen LogP contribution is -2.39. The minimum absolute atomic E-state index is 0.113. The van der Waals surface area contributed by atoms with Gasteiger partial charge in [-0.25, -0.2) is 4.68 Å². The molecule has 0 saturated carbocycles. The zero-order valence-corrected chi connectivity index (χ0v) is 15.1. The Kier molecular flexibility index (Phi) is 5.25. The van der Waals surface area contributed by atoms with E-state index < -0.39 is 0 Å². The summed E-state index contributed by atoms with van der Waals surface area (Å²) in [6.45, 7) is 4.01. The van der Waals surface area contributed by atoms with E-state index in [1.165, 1.54) is 4.68 Å². The predicted molar refractivity (Wildman–Crippen MR) is 99.6 cm³/mol. The highest BCUT2D eigenvalue weighted by molar-refractivity contribution is 5.96. The molecule has 26 heavy (non-hydrogen) atoms. The molecule has 1 aromatic carbocycles. The summed E-state index contributed by atoms with van der Waals surface area (Å²) in [6, 6.07) is 6.58. The third-order valence-electron chi connectivity index (χ3n) is 5.03. The molecule has 0 atom stereocenters. The molecule has 1 aromatic heterocycles. The summed E-state index contributed by atoms with van der Waals surface area (Å²) in [7, 11) is 1.63. The number of piperidine rings is 1. The number of nitrogens with one attached hydrogen (secondary N) is 1. The number of carbonyl (C=O) groups is 1. The number of hydrogen-bond acceptors (Lipinski definition) is 5. The molecule has 0 spiro atoms. The first kappa shape index (κ1) is 18.0. The van der Waals surface area contributed by atoms with Crippen molar-refractivity contribution in [3.8, 4) is 5.75 Å². The van der Waals surface area contributed by atoms with Crippen LogP contribution >= 0.6 is 0 Å². The largest absolute Gasteiger partial charge is 0.508 e. The zero-order valence-electron chi connectivity index (χ0n) is 15.1. The van der Waals surface area contributed by atoms with E-state index in [9.17, 15) is 14.7 Å². The van der Waals surface area contributed by atoms with Crippen molar-refractivity contribution in [2.75, 3.05) is 24.5 Å². The van der Waals surface area contributed by atoms with Gasteiger partial charge in [0.05, 0.1) is 11.9 Å². The van der Waals surface area contributed by atoms with Gasteiger partial charge in [0.2, 0.25) is 0 Å². The minimum Gasteiger partial charge on any atom is -0.508 e. The number of rotatable bonds is 4. The molecule has 0 unspecified atom stereocenters. The molecule has 3 rings (SSSR count). The molecule has 1 fully saturated rings. The highest BCUT2D eigenvalue weighted by Gasteiger charge is 2.21. The third-order valence-corrected chi connectivity index (χ3v) is 5.03. The van der Waals surface area contributed by atoms with Crippen molar-refractivity contribution in [3.05, 3.63) is 51.9 Å². The van der Waals surface area contributed by atoms with Crippen LogP contribution < -0.4 is 15.8 Å². The molecule has 1 amide bonds. The molecule has 2 aromatic rings. The molecular weight excluding hydrogens is 332 g/mol. The number of benzene rings is 1. The predicted octanol–water partition coefficient (Wildman–Crippen LogP) is 1.44. The van der Waals surface area contributed by atoms with E-state index in [1.54, 1.807) is 44.4 Å². The summed E-state index contributed by atoms with van der Waals surface area (Å²) >= 11 is 0. The number of anilines is 1. The average molecular weight is 356 g/mol. The molecule has 1 aliphatic heterocycles. The van der Waals surface area contributed by atoms with Crippen molar-refractivity contribution in [2.45, 2.75) is 19.8 Å². The van der Waals surface area contributed by atoms with Gasteiger partial charge in [-0.15, -0.1) is 0 Å². The van der Waals surface area contributed by atoms with Gasteiger partial charge >= 0.3 is 0 Å². The SMILES string of the molecule is Cc1c(O)cccc1C(=O)NCC1CCN(c2cnn(C)c(=O)c2)CC1. The highest BCUT2D eigenvalue weighted by Crippen LogP contribution is 2.22. The van der Waals surface area contributed by atoms with Crippen LogP contribution in [0, 0.1) is 12.8 Å². The van der Waals surface area contributed by atoms with E-state index in [-0.39, 0.29) is 17.2 Å². The smallest absolute Gasteiger partial charge is 0.268 e. The van der Waals surface area contributed by atoms with Crippen LogP contribution in [0.25, 0.3) is 0 Å². The zero-order chi connectivity index (χ0) is 18.7. The van der Waals surface area contributed by atoms with Gasteiger partial charge in [-0.05, 0) is 37.8 Å². The molecule has 2 N–H and O–H groups in total. The van der Waals surface area contributed by atoms with Gasteiger partial charge in [0.15, 0.2) is 0 Å². The number of carbonyl (C=O) groups excluding carboxylic acids is 1. The third kappa shape index (κ3) is 3.87. The van der Waals surface area contributed by atoms with Crippen molar-refractivity contribution >= 4 is 11.6 Å². The summed E-state index contributed by atoms with van der Waals surface area (Å²) < 4.78 is 1.31. The Morgan fingerprint density at radius 1 is 1.35 bits per heavy atom. The van der Waals surface area contributed by atoms with Crippen molar-refractivity contribution < 1.29 is 9.90 Å². The quantitative estimate of drug-likeness (QED) is 0.866. The lowest BCUT2D eigenvalue weighted by Gasteiger charge is -2.33. The number of hydrogen-bond donors (Lipinski definition) is 2. The standard InChI is InChI=1S/C19H24N4O3/c1-13-16(4-3-5-17(13)24)19(26)20-11-14-6-8-23(9-7-14)15-10-18(25)22(2)21-12-15/h3-5,10,12,14,24H,6-9,11H2,1-2H3,(H,20,26).